The van der Waals surface area contributed by atoms with Crippen molar-refractivity contribution in [3.63, 3.8) is 0 Å². The number of nitrogens with zero attached hydrogens (tertiary/aromatic N) is 1. The maximum Gasteiger partial charge on any atom is 0.341 e. The third kappa shape index (κ3) is 3.95. The molecule has 1 aliphatic heterocycles. The number of anilines is 1. The summed E-state index contributed by atoms with van der Waals surface area (Å²) in [7, 11) is -7.73. The van der Waals surface area contributed by atoms with Gasteiger partial charge in [-0.3, -0.25) is 0 Å². The second-order valence-corrected chi connectivity index (χ2v) is 10.5. The number of nitrogens with one attached hydrogen (secondary N) is 1. The Morgan fingerprint density at radius 3 is 2.00 bits per heavy atom. The van der Waals surface area contributed by atoms with Gasteiger partial charge in [0.1, 0.15) is 0 Å². The molecular formula is C15H20F2N2O4S2. The highest BCUT2D eigenvalue weighted by Crippen LogP contribution is 2.32. The van der Waals surface area contributed by atoms with Crippen LogP contribution in [0.1, 0.15) is 25.7 Å². The summed E-state index contributed by atoms with van der Waals surface area (Å²) in [5, 5.41) is 2.99. The Hall–Kier alpha value is -1.26. The van der Waals surface area contributed by atoms with Crippen LogP contribution in [-0.2, 0) is 19.9 Å². The summed E-state index contributed by atoms with van der Waals surface area (Å²) >= 11 is 0. The van der Waals surface area contributed by atoms with E-state index in [-0.39, 0.29) is 11.3 Å². The number of piperidine rings is 1. The Morgan fingerprint density at radius 1 is 0.960 bits per heavy atom. The molecule has 10 heteroatoms. The normalized spacial score (nSPS) is 20.8. The van der Waals surface area contributed by atoms with E-state index >= 15 is 0 Å². The van der Waals surface area contributed by atoms with Crippen molar-refractivity contribution in [3.05, 3.63) is 24.3 Å². The SMILES string of the molecule is O=S(=O)(c1ccc(NC2CCN(S(=O)(=O)C3CC3)CC2)cc1)C(F)F. The molecular weight excluding hydrogens is 374 g/mol. The van der Waals surface area contributed by atoms with Crippen molar-refractivity contribution in [2.45, 2.75) is 47.6 Å². The number of sulfone groups is 1. The van der Waals surface area contributed by atoms with Gasteiger partial charge in [-0.15, -0.1) is 0 Å². The third-order valence-electron chi connectivity index (χ3n) is 4.55. The molecule has 1 saturated heterocycles. The van der Waals surface area contributed by atoms with Gasteiger partial charge in [-0.25, -0.2) is 21.1 Å². The van der Waals surface area contributed by atoms with Gasteiger partial charge in [0.15, 0.2) is 0 Å². The van der Waals surface area contributed by atoms with Crippen LogP contribution >= 0.6 is 0 Å². The molecule has 0 radical (unpaired) electrons. The van der Waals surface area contributed by atoms with E-state index in [4.69, 9.17) is 0 Å². The molecule has 2 aliphatic rings. The van der Waals surface area contributed by atoms with Crippen molar-refractivity contribution in [3.8, 4) is 0 Å². The van der Waals surface area contributed by atoms with Crippen molar-refractivity contribution in [2.75, 3.05) is 18.4 Å². The minimum Gasteiger partial charge on any atom is -0.382 e. The van der Waals surface area contributed by atoms with Crippen LogP contribution in [0.25, 0.3) is 0 Å². The topological polar surface area (TPSA) is 83.6 Å². The molecule has 0 spiro atoms. The monoisotopic (exact) mass is 394 g/mol. The van der Waals surface area contributed by atoms with E-state index < -0.39 is 30.5 Å². The summed E-state index contributed by atoms with van der Waals surface area (Å²) in [6.45, 7) is 0.905. The van der Waals surface area contributed by atoms with Crippen molar-refractivity contribution in [2.24, 2.45) is 0 Å². The van der Waals surface area contributed by atoms with Crippen molar-refractivity contribution in [1.82, 2.24) is 4.31 Å². The first-order valence-corrected chi connectivity index (χ1v) is 11.1. The molecule has 0 atom stereocenters. The lowest BCUT2D eigenvalue weighted by Crippen LogP contribution is -2.43. The van der Waals surface area contributed by atoms with Gasteiger partial charge in [-0.1, -0.05) is 0 Å². The first-order valence-electron chi connectivity index (χ1n) is 8.09. The molecule has 1 aliphatic carbocycles. The lowest BCUT2D eigenvalue weighted by molar-refractivity contribution is 0.234. The van der Waals surface area contributed by atoms with Gasteiger partial charge in [-0.05, 0) is 49.9 Å². The first-order chi connectivity index (χ1) is 11.7. The van der Waals surface area contributed by atoms with Crippen LogP contribution in [0.3, 0.4) is 0 Å². The number of halogens is 2. The zero-order chi connectivity index (χ0) is 18.2. The van der Waals surface area contributed by atoms with E-state index in [0.717, 1.165) is 25.0 Å². The van der Waals surface area contributed by atoms with Crippen LogP contribution in [0.5, 0.6) is 0 Å². The van der Waals surface area contributed by atoms with Gasteiger partial charge in [-0.2, -0.15) is 8.78 Å². The maximum atomic E-state index is 12.5. The molecule has 0 bridgehead atoms. The molecule has 1 saturated carbocycles. The van der Waals surface area contributed by atoms with Crippen LogP contribution in [-0.4, -0.2) is 51.3 Å². The second kappa shape index (κ2) is 6.81. The fourth-order valence-corrected chi connectivity index (χ4v) is 5.51. The number of benzene rings is 1. The molecule has 2 fully saturated rings. The maximum absolute atomic E-state index is 12.5. The van der Waals surface area contributed by atoms with E-state index in [1.807, 2.05) is 0 Å². The van der Waals surface area contributed by atoms with Crippen LogP contribution in [0, 0.1) is 0 Å². The molecule has 1 aromatic carbocycles. The Kier molecular flexibility index (Phi) is 5.04. The van der Waals surface area contributed by atoms with Crippen LogP contribution in [0.15, 0.2) is 29.2 Å². The number of rotatable bonds is 6. The molecule has 1 aromatic rings. The predicted molar refractivity (Wildman–Crippen MR) is 89.8 cm³/mol. The highest BCUT2D eigenvalue weighted by atomic mass is 32.2. The van der Waals surface area contributed by atoms with E-state index in [9.17, 15) is 25.6 Å². The third-order valence-corrected chi connectivity index (χ3v) is 8.34. The first kappa shape index (κ1) is 18.5. The molecule has 140 valence electrons. The lowest BCUT2D eigenvalue weighted by Gasteiger charge is -2.32. The largest absolute Gasteiger partial charge is 0.382 e. The quantitative estimate of drug-likeness (QED) is 0.798. The summed E-state index contributed by atoms with van der Waals surface area (Å²) in [6.07, 6.45) is 2.77. The molecule has 0 amide bonds. The van der Waals surface area contributed by atoms with E-state index in [0.29, 0.717) is 31.6 Å². The van der Waals surface area contributed by atoms with Gasteiger partial charge >= 0.3 is 5.76 Å². The van der Waals surface area contributed by atoms with Crippen LogP contribution < -0.4 is 5.32 Å². The van der Waals surface area contributed by atoms with Crippen LogP contribution in [0.2, 0.25) is 0 Å². The zero-order valence-corrected chi connectivity index (χ0v) is 15.1. The number of hydrogen-bond donors (Lipinski definition) is 1. The van der Waals surface area contributed by atoms with E-state index in [1.54, 1.807) is 4.31 Å². The minimum atomic E-state index is -4.59. The molecule has 0 unspecified atom stereocenters. The van der Waals surface area contributed by atoms with Gasteiger partial charge in [0.2, 0.25) is 19.9 Å². The average Bonchev–Trinajstić information content (AvgIpc) is 3.41. The van der Waals surface area contributed by atoms with Crippen LogP contribution in [0.4, 0.5) is 14.5 Å². The minimum absolute atomic E-state index is 0.0585. The highest BCUT2D eigenvalue weighted by Gasteiger charge is 2.41. The summed E-state index contributed by atoms with van der Waals surface area (Å²) < 4.78 is 73.7. The summed E-state index contributed by atoms with van der Waals surface area (Å²) in [6, 6.07) is 5.25. The summed E-state index contributed by atoms with van der Waals surface area (Å²) in [5.74, 6) is -3.44. The zero-order valence-electron chi connectivity index (χ0n) is 13.4. The Morgan fingerprint density at radius 2 is 1.52 bits per heavy atom. The Balaban J connectivity index is 1.57. The molecule has 6 nitrogen and oxygen atoms in total. The predicted octanol–water partition coefficient (Wildman–Crippen LogP) is 2.05. The smallest absolute Gasteiger partial charge is 0.341 e. The van der Waals surface area contributed by atoms with E-state index in [2.05, 4.69) is 5.32 Å². The Labute approximate surface area is 146 Å². The number of alkyl halides is 2. The Bertz CT molecular complexity index is 814. The number of hydrogen-bond acceptors (Lipinski definition) is 5. The van der Waals surface area contributed by atoms with Crippen molar-refractivity contribution in [1.29, 1.82) is 0 Å². The lowest BCUT2D eigenvalue weighted by atomic mass is 10.1. The standard InChI is InChI=1S/C15H20F2N2O4S2/c16-15(17)24(20,21)13-3-1-11(2-4-13)18-12-7-9-19(10-8-12)25(22,23)14-5-6-14/h1-4,12,14-15,18H,5-10H2. The molecule has 1 heterocycles. The highest BCUT2D eigenvalue weighted by molar-refractivity contribution is 7.91. The molecule has 1 N–H and O–H groups in total. The molecule has 25 heavy (non-hydrogen) atoms. The fraction of sp³-hybridized carbons (Fsp3) is 0.600. The summed E-state index contributed by atoms with van der Waals surface area (Å²) in [5.41, 5.74) is 0.622. The fourth-order valence-electron chi connectivity index (χ4n) is 2.91. The van der Waals surface area contributed by atoms with Gasteiger partial charge in [0.05, 0.1) is 10.1 Å². The van der Waals surface area contributed by atoms with Gasteiger partial charge < -0.3 is 5.32 Å². The second-order valence-electron chi connectivity index (χ2n) is 6.39. The number of sulfonamides is 1. The van der Waals surface area contributed by atoms with Crippen molar-refractivity contribution >= 4 is 25.5 Å². The molecule has 0 aromatic heterocycles. The van der Waals surface area contributed by atoms with E-state index in [1.165, 1.54) is 12.1 Å². The van der Waals surface area contributed by atoms with Crippen molar-refractivity contribution < 1.29 is 25.6 Å². The average molecular weight is 394 g/mol. The summed E-state index contributed by atoms with van der Waals surface area (Å²) in [4.78, 5) is -0.418. The van der Waals surface area contributed by atoms with Gasteiger partial charge in [0, 0.05) is 24.8 Å². The molecule has 3 rings (SSSR count). The van der Waals surface area contributed by atoms with Gasteiger partial charge in [0.25, 0.3) is 0 Å².